The van der Waals surface area contributed by atoms with Crippen LogP contribution >= 0.6 is 23.2 Å². The number of hydrogen-bond donors (Lipinski definition) is 2. The zero-order valence-electron chi connectivity index (χ0n) is 8.75. The van der Waals surface area contributed by atoms with Crippen molar-refractivity contribution in [3.8, 4) is 0 Å². The van der Waals surface area contributed by atoms with Crippen LogP contribution in [-0.4, -0.2) is 12.6 Å². The lowest BCUT2D eigenvalue weighted by atomic mass is 10.2. The molecule has 5 nitrogen and oxygen atoms in total. The molecule has 0 aliphatic carbocycles. The molecule has 0 spiro atoms. The number of fused-ring (bicyclic) bond motifs is 1. The predicted molar refractivity (Wildman–Crippen MR) is 70.7 cm³/mol. The maximum atomic E-state index is 11.5. The monoisotopic (exact) mass is 290 g/mol. The molecule has 1 heterocycles. The summed E-state index contributed by atoms with van der Waals surface area (Å²) in [7, 11) is 0. The van der Waals surface area contributed by atoms with Gasteiger partial charge in [0.15, 0.2) is 0 Å². The Morgan fingerprint density at radius 2 is 2.06 bits per heavy atom. The third-order valence-electron chi connectivity index (χ3n) is 2.02. The van der Waals surface area contributed by atoms with Gasteiger partial charge >= 0.3 is 6.03 Å². The smallest absolute Gasteiger partial charge is 0.319 e. The van der Waals surface area contributed by atoms with Crippen molar-refractivity contribution in [3.05, 3.63) is 16.1 Å². The molecule has 1 aromatic carbocycles. The fourth-order valence-corrected chi connectivity index (χ4v) is 2.47. The number of urea groups is 1. The van der Waals surface area contributed by atoms with E-state index >= 15 is 0 Å². The molecule has 1 aromatic rings. The number of benzene rings is 1. The van der Waals surface area contributed by atoms with Gasteiger partial charge in [-0.25, -0.2) is 4.79 Å². The summed E-state index contributed by atoms with van der Waals surface area (Å²) in [5, 5.41) is 5.99. The molecule has 1 aliphatic heterocycles. The molecule has 2 N–H and O–H groups in total. The number of amides is 2. The van der Waals surface area contributed by atoms with Crippen molar-refractivity contribution in [2.24, 2.45) is 8.73 Å². The van der Waals surface area contributed by atoms with E-state index in [1.54, 1.807) is 0 Å². The number of hydrogen-bond acceptors (Lipinski definition) is 3. The van der Waals surface area contributed by atoms with Crippen LogP contribution in [0.5, 0.6) is 0 Å². The highest BCUT2D eigenvalue weighted by Gasteiger charge is 2.19. The minimum atomic E-state index is -0.342. The normalized spacial score (nSPS) is 11.9. The number of halogens is 2. The lowest BCUT2D eigenvalue weighted by Crippen LogP contribution is -2.28. The number of rotatable bonds is 2. The van der Waals surface area contributed by atoms with Crippen molar-refractivity contribution >= 4 is 57.6 Å². The van der Waals surface area contributed by atoms with Crippen LogP contribution in [0.25, 0.3) is 0 Å². The number of nitrogens with zero attached hydrogens (tertiary/aromatic N) is 2. The van der Waals surface area contributed by atoms with E-state index in [0.717, 1.165) is 11.4 Å². The summed E-state index contributed by atoms with van der Waals surface area (Å²) >= 11 is 13.0. The van der Waals surface area contributed by atoms with Gasteiger partial charge in [-0.2, -0.15) is 8.73 Å². The van der Waals surface area contributed by atoms with E-state index in [-0.39, 0.29) is 6.03 Å². The highest BCUT2D eigenvalue weighted by molar-refractivity contribution is 7.58. The Morgan fingerprint density at radius 3 is 2.76 bits per heavy atom. The number of anilines is 1. The molecule has 90 valence electrons. The van der Waals surface area contributed by atoms with Gasteiger partial charge in [0.25, 0.3) is 0 Å². The Kier molecular flexibility index (Phi) is 3.66. The van der Waals surface area contributed by atoms with E-state index < -0.39 is 0 Å². The van der Waals surface area contributed by atoms with Crippen LogP contribution in [0.15, 0.2) is 14.8 Å². The second kappa shape index (κ2) is 5.03. The molecule has 0 saturated carbocycles. The van der Waals surface area contributed by atoms with Crippen molar-refractivity contribution in [1.29, 1.82) is 0 Å². The van der Waals surface area contributed by atoms with Crippen molar-refractivity contribution < 1.29 is 4.79 Å². The molecule has 2 amide bonds. The molecule has 0 bridgehead atoms. The lowest BCUT2D eigenvalue weighted by molar-refractivity contribution is 0.252. The molecule has 0 unspecified atom stereocenters. The highest BCUT2D eigenvalue weighted by atomic mass is 35.5. The van der Waals surface area contributed by atoms with Crippen LogP contribution < -0.4 is 10.6 Å². The second-order valence-electron chi connectivity index (χ2n) is 3.16. The Morgan fingerprint density at radius 1 is 1.35 bits per heavy atom. The van der Waals surface area contributed by atoms with E-state index in [1.165, 1.54) is 6.07 Å². The van der Waals surface area contributed by atoms with E-state index in [1.807, 2.05) is 6.92 Å². The van der Waals surface area contributed by atoms with Gasteiger partial charge in [-0.1, -0.05) is 23.2 Å². The Hall–Kier alpha value is -1.11. The van der Waals surface area contributed by atoms with Crippen molar-refractivity contribution in [2.75, 3.05) is 11.9 Å². The van der Waals surface area contributed by atoms with Crippen LogP contribution in [0.4, 0.5) is 21.9 Å². The zero-order chi connectivity index (χ0) is 12.4. The van der Waals surface area contributed by atoms with Gasteiger partial charge in [-0.05, 0) is 13.0 Å². The standard InChI is InChI=1S/C9H8Cl2N4OS/c1-2-12-9(16)13-6-4(10)3-5(11)7-8(6)15-17-14-7/h3H,2H2,1H3,(H2,12,13,16). The van der Waals surface area contributed by atoms with Crippen LogP contribution in [0, 0.1) is 0 Å². The van der Waals surface area contributed by atoms with Gasteiger partial charge in [0.2, 0.25) is 0 Å². The van der Waals surface area contributed by atoms with Gasteiger partial charge in [-0.3, -0.25) is 0 Å². The molecule has 17 heavy (non-hydrogen) atoms. The largest absolute Gasteiger partial charge is 0.338 e. The number of carbonyl (C=O) groups is 1. The van der Waals surface area contributed by atoms with Gasteiger partial charge in [0.05, 0.1) is 27.1 Å². The average Bonchev–Trinajstić information content (AvgIpc) is 2.73. The number of nitrogens with one attached hydrogen (secondary N) is 2. The molecule has 1 aliphatic rings. The topological polar surface area (TPSA) is 65.8 Å². The first-order valence-electron chi connectivity index (χ1n) is 4.78. The first-order chi connectivity index (χ1) is 8.13. The van der Waals surface area contributed by atoms with Gasteiger partial charge in [0.1, 0.15) is 11.4 Å². The highest BCUT2D eigenvalue weighted by Crippen LogP contribution is 2.47. The summed E-state index contributed by atoms with van der Waals surface area (Å²) in [6, 6.07) is 1.19. The van der Waals surface area contributed by atoms with Crippen molar-refractivity contribution in [3.63, 3.8) is 0 Å². The number of carbonyl (C=O) groups excluding carboxylic acids is 1. The first kappa shape index (κ1) is 12.3. The van der Waals surface area contributed by atoms with E-state index in [4.69, 9.17) is 23.2 Å². The maximum Gasteiger partial charge on any atom is 0.319 e. The maximum absolute atomic E-state index is 11.5. The predicted octanol–water partition coefficient (Wildman–Crippen LogP) is 3.86. The summed E-state index contributed by atoms with van der Waals surface area (Å²) < 4.78 is 8.11. The third-order valence-corrected chi connectivity index (χ3v) is 3.13. The Bertz CT molecular complexity index is 554. The second-order valence-corrected chi connectivity index (χ2v) is 4.50. The van der Waals surface area contributed by atoms with Crippen LogP contribution in [0.3, 0.4) is 0 Å². The molecule has 0 fully saturated rings. The summed E-state index contributed by atoms with van der Waals surface area (Å²) in [5.41, 5.74) is 1.46. The summed E-state index contributed by atoms with van der Waals surface area (Å²) in [6.07, 6.45) is 0. The fraction of sp³-hybridized carbons (Fsp3) is 0.222. The molecule has 0 saturated heterocycles. The minimum absolute atomic E-state index is 0.335. The quantitative estimate of drug-likeness (QED) is 0.866. The molecule has 0 radical (unpaired) electrons. The first-order valence-corrected chi connectivity index (χ1v) is 6.27. The molecule has 2 rings (SSSR count). The van der Waals surface area contributed by atoms with Crippen molar-refractivity contribution in [2.45, 2.75) is 6.92 Å². The Labute approximate surface area is 111 Å². The van der Waals surface area contributed by atoms with Gasteiger partial charge in [-0.15, -0.1) is 0 Å². The molecular weight excluding hydrogens is 283 g/mol. The summed E-state index contributed by atoms with van der Waals surface area (Å²) in [6.45, 7) is 2.35. The van der Waals surface area contributed by atoms with E-state index in [2.05, 4.69) is 19.4 Å². The molecule has 0 atom stereocenters. The van der Waals surface area contributed by atoms with Crippen LogP contribution in [0.2, 0.25) is 10.0 Å². The fourth-order valence-electron chi connectivity index (χ4n) is 1.31. The van der Waals surface area contributed by atoms with Crippen LogP contribution in [0.1, 0.15) is 6.92 Å². The Balaban J connectivity index is 2.39. The van der Waals surface area contributed by atoms with Crippen molar-refractivity contribution in [1.82, 2.24) is 5.32 Å². The van der Waals surface area contributed by atoms with E-state index in [0.29, 0.717) is 33.7 Å². The summed E-state index contributed by atoms with van der Waals surface area (Å²) in [5.74, 6) is 0. The zero-order valence-corrected chi connectivity index (χ0v) is 11.1. The minimum Gasteiger partial charge on any atom is -0.338 e. The SMILES string of the molecule is CCNC(=O)Nc1c(Cl)cc(Cl)c2c1N=S=N2. The molecular formula is C9H8Cl2N4OS. The third kappa shape index (κ3) is 2.43. The molecule has 8 heteroatoms. The van der Waals surface area contributed by atoms with E-state index in [9.17, 15) is 4.79 Å². The average molecular weight is 291 g/mol. The lowest BCUT2D eigenvalue weighted by Gasteiger charge is -2.11. The summed E-state index contributed by atoms with van der Waals surface area (Å²) in [4.78, 5) is 11.5. The van der Waals surface area contributed by atoms with Crippen LogP contribution in [-0.2, 0) is 11.4 Å². The van der Waals surface area contributed by atoms with Gasteiger partial charge in [0, 0.05) is 6.54 Å². The van der Waals surface area contributed by atoms with Gasteiger partial charge < -0.3 is 10.6 Å². The molecule has 0 aromatic heterocycles.